The molecule has 0 bridgehead atoms. The maximum absolute atomic E-state index is 12.3. The number of piperazine rings is 1. The van der Waals surface area contributed by atoms with Crippen LogP contribution in [0.2, 0.25) is 5.02 Å². The van der Waals surface area contributed by atoms with Crippen molar-refractivity contribution in [2.75, 3.05) is 68.8 Å². The van der Waals surface area contributed by atoms with E-state index < -0.39 is 6.09 Å². The molecule has 14 heteroatoms. The summed E-state index contributed by atoms with van der Waals surface area (Å²) in [4.78, 5) is 44.3. The average molecular weight is 827 g/mol. The third-order valence-corrected chi connectivity index (χ3v) is 10.9. The SMILES string of the molecule is C=CC(=O)N1CCN(c2nc(OCC3CCCN3CCCNC(=O)OCc3cccc(S)c3)nc3c2CCN(c2cccc4cccc(Cl)c24)C3)CC1.CC.CC#N. The van der Waals surface area contributed by atoms with E-state index in [-0.39, 0.29) is 18.6 Å². The van der Waals surface area contributed by atoms with Gasteiger partial charge in [-0.1, -0.05) is 68.4 Å². The van der Waals surface area contributed by atoms with E-state index in [2.05, 4.69) is 63.5 Å². The van der Waals surface area contributed by atoms with Crippen LogP contribution in [-0.2, 0) is 29.1 Å². The molecule has 2 amide bonds. The van der Waals surface area contributed by atoms with Gasteiger partial charge in [0.25, 0.3) is 0 Å². The van der Waals surface area contributed by atoms with Crippen LogP contribution in [0.1, 0.15) is 56.9 Å². The van der Waals surface area contributed by atoms with Crippen LogP contribution in [0, 0.1) is 11.3 Å². The highest BCUT2D eigenvalue weighted by Crippen LogP contribution is 2.37. The van der Waals surface area contributed by atoms with Crippen LogP contribution in [-0.4, -0.2) is 96.8 Å². The molecule has 3 aliphatic rings. The van der Waals surface area contributed by atoms with Crippen molar-refractivity contribution in [1.29, 1.82) is 5.26 Å². The number of hydrogen-bond acceptors (Lipinski definition) is 11. The lowest BCUT2D eigenvalue weighted by Gasteiger charge is -2.38. The smallest absolute Gasteiger partial charge is 0.407 e. The first-order valence-electron chi connectivity index (χ1n) is 20.1. The van der Waals surface area contributed by atoms with E-state index in [1.165, 1.54) is 13.0 Å². The van der Waals surface area contributed by atoms with E-state index in [0.717, 1.165) is 94.3 Å². The normalized spacial score (nSPS) is 16.2. The number of hydrogen-bond donors (Lipinski definition) is 2. The van der Waals surface area contributed by atoms with Gasteiger partial charge in [-0.05, 0) is 73.5 Å². The zero-order chi connectivity index (χ0) is 41.4. The highest BCUT2D eigenvalue weighted by atomic mass is 35.5. The maximum Gasteiger partial charge on any atom is 0.407 e. The van der Waals surface area contributed by atoms with Crippen molar-refractivity contribution in [3.8, 4) is 12.1 Å². The second-order valence-electron chi connectivity index (χ2n) is 14.0. The zero-order valence-corrected chi connectivity index (χ0v) is 35.5. The number of thiol groups is 1. The van der Waals surface area contributed by atoms with Gasteiger partial charge in [0.2, 0.25) is 5.91 Å². The topological polar surface area (TPSA) is 127 Å². The number of carbonyl (C=O) groups excluding carboxylic acids is 2. The van der Waals surface area contributed by atoms with E-state index in [0.29, 0.717) is 51.9 Å². The number of likely N-dealkylation sites (tertiary alicyclic amines) is 1. The fraction of sp³-hybridized carbons (Fsp3) is 0.432. The Morgan fingerprint density at radius 2 is 1.78 bits per heavy atom. The molecule has 0 saturated carbocycles. The van der Waals surface area contributed by atoms with Gasteiger partial charge in [0.05, 0.1) is 23.3 Å². The lowest BCUT2D eigenvalue weighted by molar-refractivity contribution is -0.126. The van der Waals surface area contributed by atoms with Gasteiger partial charge < -0.3 is 29.5 Å². The Balaban J connectivity index is 0.00000122. The van der Waals surface area contributed by atoms with Crippen LogP contribution in [0.3, 0.4) is 0 Å². The predicted octanol–water partition coefficient (Wildman–Crippen LogP) is 7.68. The van der Waals surface area contributed by atoms with E-state index in [4.69, 9.17) is 36.3 Å². The molecule has 4 heterocycles. The summed E-state index contributed by atoms with van der Waals surface area (Å²) >= 11 is 11.1. The van der Waals surface area contributed by atoms with Crippen molar-refractivity contribution in [2.24, 2.45) is 0 Å². The van der Waals surface area contributed by atoms with Crippen molar-refractivity contribution < 1.29 is 19.1 Å². The highest BCUT2D eigenvalue weighted by molar-refractivity contribution is 7.80. The maximum atomic E-state index is 12.3. The van der Waals surface area contributed by atoms with Gasteiger partial charge in [-0.2, -0.15) is 15.2 Å². The Hall–Kier alpha value is -5.03. The number of nitrogens with one attached hydrogen (secondary N) is 1. The molecule has 1 aromatic heterocycles. The summed E-state index contributed by atoms with van der Waals surface area (Å²) in [5, 5.41) is 13.1. The second kappa shape index (κ2) is 22.2. The number of anilines is 2. The fourth-order valence-electron chi connectivity index (χ4n) is 7.60. The molecule has 2 fully saturated rings. The van der Waals surface area contributed by atoms with Gasteiger partial charge in [-0.25, -0.2) is 4.79 Å². The van der Waals surface area contributed by atoms with Crippen LogP contribution in [0.5, 0.6) is 6.01 Å². The number of amides is 2. The number of halogens is 1. The number of ether oxygens (including phenoxy) is 2. The minimum Gasteiger partial charge on any atom is -0.462 e. The van der Waals surface area contributed by atoms with Crippen molar-refractivity contribution in [3.63, 3.8) is 0 Å². The largest absolute Gasteiger partial charge is 0.462 e. The average Bonchev–Trinajstić information content (AvgIpc) is 3.71. The molecule has 4 aromatic rings. The molecular weight excluding hydrogens is 772 g/mol. The van der Waals surface area contributed by atoms with Crippen LogP contribution in [0.4, 0.5) is 16.3 Å². The molecule has 308 valence electrons. The monoisotopic (exact) mass is 826 g/mol. The van der Waals surface area contributed by atoms with Crippen LogP contribution < -0.4 is 19.9 Å². The fourth-order valence-corrected chi connectivity index (χ4v) is 8.13. The molecular formula is C44H55ClN8O4S. The van der Waals surface area contributed by atoms with Crippen LogP contribution in [0.25, 0.3) is 10.8 Å². The van der Waals surface area contributed by atoms with Gasteiger partial charge in [0.1, 0.15) is 19.0 Å². The van der Waals surface area contributed by atoms with Crippen molar-refractivity contribution >= 4 is 58.5 Å². The molecule has 58 heavy (non-hydrogen) atoms. The number of alkyl carbamates (subject to hydrolysis) is 1. The number of aromatic nitrogens is 2. The van der Waals surface area contributed by atoms with E-state index >= 15 is 0 Å². The second-order valence-corrected chi connectivity index (χ2v) is 14.9. The minimum absolute atomic E-state index is 0.0461. The number of carbonyl (C=O) groups is 2. The Morgan fingerprint density at radius 1 is 1.03 bits per heavy atom. The number of nitriles is 1. The quantitative estimate of drug-likeness (QED) is 0.0835. The predicted molar refractivity (Wildman–Crippen MR) is 234 cm³/mol. The van der Waals surface area contributed by atoms with Crippen molar-refractivity contribution in [2.45, 2.75) is 70.5 Å². The van der Waals surface area contributed by atoms with Crippen molar-refractivity contribution in [1.82, 2.24) is 25.1 Å². The van der Waals surface area contributed by atoms with Gasteiger partial charge in [0.15, 0.2) is 0 Å². The lowest BCUT2D eigenvalue weighted by atomic mass is 10.0. The summed E-state index contributed by atoms with van der Waals surface area (Å²) in [7, 11) is 0. The Bertz CT molecular complexity index is 2050. The summed E-state index contributed by atoms with van der Waals surface area (Å²) < 4.78 is 11.8. The van der Waals surface area contributed by atoms with Gasteiger partial charge >= 0.3 is 12.1 Å². The molecule has 12 nitrogen and oxygen atoms in total. The van der Waals surface area contributed by atoms with Gasteiger partial charge in [-0.3, -0.25) is 9.69 Å². The Labute approximate surface area is 353 Å². The van der Waals surface area contributed by atoms with E-state index in [1.54, 1.807) is 6.07 Å². The lowest BCUT2D eigenvalue weighted by Crippen LogP contribution is -2.49. The van der Waals surface area contributed by atoms with Crippen molar-refractivity contribution in [3.05, 3.63) is 95.2 Å². The first-order chi connectivity index (χ1) is 28.3. The number of rotatable bonds is 12. The molecule has 2 saturated heterocycles. The molecule has 7 rings (SSSR count). The molecule has 3 aromatic carbocycles. The molecule has 1 atom stereocenters. The summed E-state index contributed by atoms with van der Waals surface area (Å²) in [5.41, 5.74) is 4.07. The highest BCUT2D eigenvalue weighted by Gasteiger charge is 2.30. The minimum atomic E-state index is -0.424. The van der Waals surface area contributed by atoms with Gasteiger partial charge in [0, 0.05) is 80.3 Å². The number of benzene rings is 3. The van der Waals surface area contributed by atoms with Gasteiger partial charge in [-0.15, -0.1) is 12.6 Å². The first kappa shape index (κ1) is 44.1. The molecule has 1 N–H and O–H groups in total. The third kappa shape index (κ3) is 11.6. The standard InChI is InChI=1S/C40H46ClN7O4S.C2H3N.C2H6/c1-2-36(49)46-20-22-47(23-21-46)38-32-15-19-48(35-14-5-10-29-9-4-13-33(41)37(29)35)25-34(32)43-39(44-38)51-27-30-11-6-17-45(30)18-7-16-42-40(50)52-26-28-8-3-12-31(53)24-28;1-2-3;1-2/h2-5,8-10,12-14,24,30,53H,1,6-7,11,15-23,25-27H2,(H,42,50);1H3;1-2H3. The van der Waals surface area contributed by atoms with Crippen LogP contribution >= 0.6 is 24.2 Å². The third-order valence-electron chi connectivity index (χ3n) is 10.3. The molecule has 3 aliphatic heterocycles. The summed E-state index contributed by atoms with van der Waals surface area (Å²) in [6, 6.07) is 22.2. The molecule has 0 spiro atoms. The Kier molecular flexibility index (Phi) is 16.9. The Morgan fingerprint density at radius 3 is 2.52 bits per heavy atom. The zero-order valence-electron chi connectivity index (χ0n) is 33.8. The van der Waals surface area contributed by atoms with Crippen LogP contribution in [0.15, 0.2) is 78.2 Å². The van der Waals surface area contributed by atoms with E-state index in [9.17, 15) is 9.59 Å². The first-order valence-corrected chi connectivity index (χ1v) is 20.9. The number of fused-ring (bicyclic) bond motifs is 2. The summed E-state index contributed by atoms with van der Waals surface area (Å²) in [6.07, 6.45) is 4.63. The molecule has 0 radical (unpaired) electrons. The molecule has 0 aliphatic carbocycles. The summed E-state index contributed by atoms with van der Waals surface area (Å²) in [5.74, 6) is 0.848. The summed E-state index contributed by atoms with van der Waals surface area (Å²) in [6.45, 7) is 16.1. The molecule has 1 unspecified atom stereocenters. The van der Waals surface area contributed by atoms with E-state index in [1.807, 2.05) is 55.1 Å². The number of nitrogens with zero attached hydrogens (tertiary/aromatic N) is 7.